The molecule has 2 atom stereocenters. The SMILES string of the molecule is Cc1cccc(C)c1-n1c(C)cc([C@H]2[C@H](c3ccccn3)NC(=S)N2c2ccc(Oc3ccccc3)cc2)c1C. The van der Waals surface area contributed by atoms with Crippen LogP contribution in [-0.2, 0) is 0 Å². The average molecular weight is 545 g/mol. The molecule has 1 N–H and O–H groups in total. The van der Waals surface area contributed by atoms with Crippen molar-refractivity contribution in [3.05, 3.63) is 137 Å². The molecule has 0 radical (unpaired) electrons. The number of ether oxygens (including phenoxy) is 1. The van der Waals surface area contributed by atoms with E-state index in [1.165, 1.54) is 33.8 Å². The van der Waals surface area contributed by atoms with Crippen LogP contribution in [0.25, 0.3) is 5.69 Å². The number of rotatable bonds is 6. The fourth-order valence-electron chi connectivity index (χ4n) is 5.84. The highest BCUT2D eigenvalue weighted by atomic mass is 32.1. The van der Waals surface area contributed by atoms with Crippen LogP contribution in [-0.4, -0.2) is 14.7 Å². The van der Waals surface area contributed by atoms with Crippen molar-refractivity contribution < 1.29 is 4.74 Å². The third-order valence-corrected chi connectivity index (χ3v) is 7.96. The minimum atomic E-state index is -0.110. The van der Waals surface area contributed by atoms with Crippen LogP contribution >= 0.6 is 12.2 Å². The first-order chi connectivity index (χ1) is 19.4. The number of para-hydroxylation sites is 2. The lowest BCUT2D eigenvalue weighted by molar-refractivity contribution is 0.482. The molecule has 1 aliphatic heterocycles. The molecule has 1 aliphatic rings. The Hall–Kier alpha value is -4.42. The van der Waals surface area contributed by atoms with Crippen molar-refractivity contribution in [3.63, 3.8) is 0 Å². The first-order valence-corrected chi connectivity index (χ1v) is 13.9. The van der Waals surface area contributed by atoms with Gasteiger partial charge in [0.1, 0.15) is 11.5 Å². The predicted octanol–water partition coefficient (Wildman–Crippen LogP) is 8.08. The van der Waals surface area contributed by atoms with E-state index in [1.807, 2.05) is 60.8 Å². The van der Waals surface area contributed by atoms with Gasteiger partial charge in [0.15, 0.2) is 5.11 Å². The summed E-state index contributed by atoms with van der Waals surface area (Å²) in [6.45, 7) is 8.74. The number of hydrogen-bond acceptors (Lipinski definition) is 3. The van der Waals surface area contributed by atoms with Gasteiger partial charge in [-0.3, -0.25) is 4.98 Å². The second-order valence-corrected chi connectivity index (χ2v) is 10.7. The van der Waals surface area contributed by atoms with Crippen LogP contribution in [0.15, 0.2) is 103 Å². The van der Waals surface area contributed by atoms with Crippen LogP contribution < -0.4 is 15.0 Å². The molecule has 6 heteroatoms. The van der Waals surface area contributed by atoms with E-state index < -0.39 is 0 Å². The molecule has 6 rings (SSSR count). The van der Waals surface area contributed by atoms with Gasteiger partial charge in [-0.25, -0.2) is 0 Å². The molecular weight excluding hydrogens is 512 g/mol. The highest BCUT2D eigenvalue weighted by Crippen LogP contribution is 2.44. The molecule has 5 aromatic rings. The van der Waals surface area contributed by atoms with E-state index >= 15 is 0 Å². The lowest BCUT2D eigenvalue weighted by Crippen LogP contribution is -2.29. The van der Waals surface area contributed by atoms with Crippen molar-refractivity contribution in [1.29, 1.82) is 0 Å². The summed E-state index contributed by atoms with van der Waals surface area (Å²) in [5.41, 5.74) is 9.29. The van der Waals surface area contributed by atoms with Crippen molar-refractivity contribution >= 4 is 23.0 Å². The van der Waals surface area contributed by atoms with Gasteiger partial charge in [-0.15, -0.1) is 0 Å². The average Bonchev–Trinajstić information content (AvgIpc) is 3.45. The molecule has 5 nitrogen and oxygen atoms in total. The van der Waals surface area contributed by atoms with E-state index in [1.54, 1.807) is 0 Å². The van der Waals surface area contributed by atoms with Gasteiger partial charge in [0.05, 0.1) is 23.5 Å². The van der Waals surface area contributed by atoms with Gasteiger partial charge in [0.2, 0.25) is 0 Å². The van der Waals surface area contributed by atoms with Crippen molar-refractivity contribution in [1.82, 2.24) is 14.9 Å². The Labute approximate surface area is 241 Å². The minimum absolute atomic E-state index is 0.0902. The van der Waals surface area contributed by atoms with E-state index in [4.69, 9.17) is 21.9 Å². The Kier molecular flexibility index (Phi) is 6.86. The zero-order valence-electron chi connectivity index (χ0n) is 23.1. The largest absolute Gasteiger partial charge is 0.457 e. The van der Waals surface area contributed by atoms with Crippen molar-refractivity contribution in [2.24, 2.45) is 0 Å². The lowest BCUT2D eigenvalue weighted by atomic mass is 9.96. The van der Waals surface area contributed by atoms with Gasteiger partial charge >= 0.3 is 0 Å². The molecule has 200 valence electrons. The normalized spacial score (nSPS) is 16.7. The molecule has 1 fully saturated rings. The molecule has 2 aromatic heterocycles. The highest BCUT2D eigenvalue weighted by molar-refractivity contribution is 7.80. The molecule has 0 bridgehead atoms. The summed E-state index contributed by atoms with van der Waals surface area (Å²) in [5.74, 6) is 1.58. The van der Waals surface area contributed by atoms with E-state index in [-0.39, 0.29) is 12.1 Å². The number of pyridine rings is 1. The third kappa shape index (κ3) is 4.65. The molecule has 0 unspecified atom stereocenters. The monoisotopic (exact) mass is 544 g/mol. The number of nitrogens with one attached hydrogen (secondary N) is 1. The number of benzene rings is 3. The van der Waals surface area contributed by atoms with Crippen LogP contribution in [0, 0.1) is 27.7 Å². The van der Waals surface area contributed by atoms with Crippen LogP contribution in [0.3, 0.4) is 0 Å². The molecule has 3 heterocycles. The maximum Gasteiger partial charge on any atom is 0.174 e. The number of thiocarbonyl (C=S) groups is 1. The Bertz CT molecular complexity index is 1640. The summed E-state index contributed by atoms with van der Waals surface area (Å²) in [6, 6.07) is 32.6. The second kappa shape index (κ2) is 10.6. The molecule has 40 heavy (non-hydrogen) atoms. The fraction of sp³-hybridized carbons (Fsp3) is 0.176. The quantitative estimate of drug-likeness (QED) is 0.219. The van der Waals surface area contributed by atoms with Crippen LogP contribution in [0.5, 0.6) is 11.5 Å². The molecular formula is C34H32N4OS. The number of hydrogen-bond donors (Lipinski definition) is 1. The molecule has 3 aromatic carbocycles. The van der Waals surface area contributed by atoms with E-state index in [9.17, 15) is 0 Å². The van der Waals surface area contributed by atoms with Gasteiger partial charge < -0.3 is 19.5 Å². The number of anilines is 1. The Morgan fingerprint density at radius 2 is 1.45 bits per heavy atom. The Morgan fingerprint density at radius 1 is 0.775 bits per heavy atom. The van der Waals surface area contributed by atoms with Crippen molar-refractivity contribution in [2.45, 2.75) is 39.8 Å². The van der Waals surface area contributed by atoms with E-state index in [0.29, 0.717) is 5.11 Å². The molecule has 0 spiro atoms. The zero-order chi connectivity index (χ0) is 27.8. The van der Waals surface area contributed by atoms with Crippen LogP contribution in [0.1, 0.15) is 45.9 Å². The van der Waals surface area contributed by atoms with Crippen molar-refractivity contribution in [3.8, 4) is 17.2 Å². The maximum absolute atomic E-state index is 6.05. The summed E-state index contributed by atoms with van der Waals surface area (Å²) in [6.07, 6.45) is 1.84. The summed E-state index contributed by atoms with van der Waals surface area (Å²) in [4.78, 5) is 6.95. The first kappa shape index (κ1) is 25.8. The van der Waals surface area contributed by atoms with Crippen LogP contribution in [0.4, 0.5) is 5.69 Å². The number of aryl methyl sites for hydroxylation is 3. The molecule has 0 amide bonds. The van der Waals surface area contributed by atoms with Gasteiger partial charge in [-0.2, -0.15) is 0 Å². The van der Waals surface area contributed by atoms with Gasteiger partial charge in [-0.05, 0) is 111 Å². The fourth-order valence-corrected chi connectivity index (χ4v) is 6.18. The molecule has 0 aliphatic carbocycles. The summed E-state index contributed by atoms with van der Waals surface area (Å²) in [7, 11) is 0. The summed E-state index contributed by atoms with van der Waals surface area (Å²) < 4.78 is 8.43. The predicted molar refractivity (Wildman–Crippen MR) is 166 cm³/mol. The van der Waals surface area contributed by atoms with Gasteiger partial charge in [-0.1, -0.05) is 42.5 Å². The summed E-state index contributed by atoms with van der Waals surface area (Å²) >= 11 is 5.98. The van der Waals surface area contributed by atoms with Gasteiger partial charge in [0.25, 0.3) is 0 Å². The number of aromatic nitrogens is 2. The maximum atomic E-state index is 6.05. The zero-order valence-corrected chi connectivity index (χ0v) is 23.9. The summed E-state index contributed by atoms with van der Waals surface area (Å²) in [5, 5.41) is 4.27. The lowest BCUT2D eigenvalue weighted by Gasteiger charge is -2.28. The van der Waals surface area contributed by atoms with E-state index in [2.05, 4.69) is 84.9 Å². The molecule has 1 saturated heterocycles. The molecule has 0 saturated carbocycles. The van der Waals surface area contributed by atoms with Crippen LogP contribution in [0.2, 0.25) is 0 Å². The van der Waals surface area contributed by atoms with Gasteiger partial charge in [0, 0.05) is 23.3 Å². The second-order valence-electron chi connectivity index (χ2n) is 10.3. The number of nitrogens with zero attached hydrogens (tertiary/aromatic N) is 3. The smallest absolute Gasteiger partial charge is 0.174 e. The van der Waals surface area contributed by atoms with Crippen molar-refractivity contribution in [2.75, 3.05) is 4.90 Å². The highest BCUT2D eigenvalue weighted by Gasteiger charge is 2.42. The first-order valence-electron chi connectivity index (χ1n) is 13.5. The minimum Gasteiger partial charge on any atom is -0.457 e. The Morgan fingerprint density at radius 3 is 2.12 bits per heavy atom. The third-order valence-electron chi connectivity index (χ3n) is 7.64. The topological polar surface area (TPSA) is 42.3 Å². The van der Waals surface area contributed by atoms with E-state index in [0.717, 1.165) is 22.9 Å². The Balaban J connectivity index is 1.44. The standard InChI is InChI=1S/C34H32N4OS/c1-22-11-10-12-23(2)32(22)37-24(3)21-29(25(37)4)33-31(30-15-8-9-20-35-30)36-34(40)38(33)26-16-18-28(19-17-26)39-27-13-6-5-7-14-27/h5-21,31,33H,1-4H3,(H,36,40)/t31-,33-/m0/s1.